The molecule has 1 aliphatic carbocycles. The average molecular weight is 208 g/mol. The summed E-state index contributed by atoms with van der Waals surface area (Å²) >= 11 is 6.25. The number of fused-ring (bicyclic) bond motifs is 1. The Kier molecular flexibility index (Phi) is 2.90. The van der Waals surface area contributed by atoms with Crippen molar-refractivity contribution in [3.05, 3.63) is 48.0 Å². The van der Waals surface area contributed by atoms with Gasteiger partial charge in [0.15, 0.2) is 0 Å². The van der Waals surface area contributed by atoms with Gasteiger partial charge >= 0.3 is 0 Å². The normalized spacial score (nSPS) is 24.6. The van der Waals surface area contributed by atoms with Crippen molar-refractivity contribution < 1.29 is 0 Å². The van der Waals surface area contributed by atoms with Gasteiger partial charge in [0, 0.05) is 12.6 Å². The van der Waals surface area contributed by atoms with Gasteiger partial charge in [0.2, 0.25) is 0 Å². The zero-order valence-corrected chi connectivity index (χ0v) is 8.80. The Morgan fingerprint density at radius 1 is 1.43 bits per heavy atom. The van der Waals surface area contributed by atoms with Gasteiger partial charge in [-0.3, -0.25) is 0 Å². The van der Waals surface area contributed by atoms with Gasteiger partial charge in [-0.1, -0.05) is 30.3 Å². The van der Waals surface area contributed by atoms with E-state index in [2.05, 4.69) is 30.1 Å². The molecule has 0 amide bonds. The van der Waals surface area contributed by atoms with Crippen molar-refractivity contribution in [2.45, 2.75) is 17.8 Å². The monoisotopic (exact) mass is 207 g/mol. The second-order valence-corrected chi connectivity index (χ2v) is 4.11. The van der Waals surface area contributed by atoms with E-state index >= 15 is 0 Å². The van der Waals surface area contributed by atoms with Crippen LogP contribution in [0.25, 0.3) is 0 Å². The molecular formula is C12H14ClN. The van der Waals surface area contributed by atoms with Crippen LogP contribution in [-0.2, 0) is 0 Å². The number of benzene rings is 1. The first-order valence-corrected chi connectivity index (χ1v) is 5.33. The first-order chi connectivity index (χ1) is 6.83. The number of hydrogen-bond donors (Lipinski definition) is 1. The van der Waals surface area contributed by atoms with E-state index in [1.165, 1.54) is 11.1 Å². The van der Waals surface area contributed by atoms with E-state index in [-0.39, 0.29) is 5.38 Å². The van der Waals surface area contributed by atoms with Gasteiger partial charge in [-0.2, -0.15) is 0 Å². The van der Waals surface area contributed by atoms with E-state index in [4.69, 9.17) is 11.6 Å². The summed E-state index contributed by atoms with van der Waals surface area (Å²) in [6.45, 7) is 4.54. The number of rotatable bonds is 3. The summed E-state index contributed by atoms with van der Waals surface area (Å²) < 4.78 is 0. The van der Waals surface area contributed by atoms with Gasteiger partial charge < -0.3 is 5.32 Å². The molecule has 2 rings (SSSR count). The second kappa shape index (κ2) is 4.16. The molecule has 0 saturated carbocycles. The Morgan fingerprint density at radius 2 is 2.14 bits per heavy atom. The zero-order chi connectivity index (χ0) is 9.97. The molecule has 74 valence electrons. The summed E-state index contributed by atoms with van der Waals surface area (Å²) in [5, 5.41) is 3.58. The lowest BCUT2D eigenvalue weighted by molar-refractivity contribution is 0.559. The molecular weight excluding hydrogens is 194 g/mol. The maximum absolute atomic E-state index is 6.25. The van der Waals surface area contributed by atoms with Crippen LogP contribution in [0.2, 0.25) is 0 Å². The molecule has 0 unspecified atom stereocenters. The van der Waals surface area contributed by atoms with Crippen LogP contribution in [0.1, 0.15) is 29.0 Å². The molecule has 0 heterocycles. The highest BCUT2D eigenvalue weighted by Crippen LogP contribution is 2.42. The molecule has 1 nitrogen and oxygen atoms in total. The van der Waals surface area contributed by atoms with Crippen LogP contribution in [0.4, 0.5) is 0 Å². The molecule has 0 saturated heterocycles. The van der Waals surface area contributed by atoms with Gasteiger partial charge in [0.25, 0.3) is 0 Å². The van der Waals surface area contributed by atoms with Gasteiger partial charge in [0.1, 0.15) is 0 Å². The Labute approximate surface area is 89.8 Å². The lowest BCUT2D eigenvalue weighted by Gasteiger charge is -2.11. The molecule has 2 heteroatoms. The van der Waals surface area contributed by atoms with Crippen molar-refractivity contribution >= 4 is 11.6 Å². The van der Waals surface area contributed by atoms with E-state index in [0.717, 1.165) is 13.0 Å². The van der Waals surface area contributed by atoms with Crippen LogP contribution in [0.3, 0.4) is 0 Å². The summed E-state index contributed by atoms with van der Waals surface area (Å²) in [4.78, 5) is 0. The highest BCUT2D eigenvalue weighted by atomic mass is 35.5. The molecule has 14 heavy (non-hydrogen) atoms. The fraction of sp³-hybridized carbons (Fsp3) is 0.333. The molecule has 0 aromatic heterocycles. The summed E-state index contributed by atoms with van der Waals surface area (Å²) in [6, 6.07) is 8.77. The molecule has 1 N–H and O–H groups in total. The molecule has 0 fully saturated rings. The van der Waals surface area contributed by atoms with Gasteiger partial charge in [0.05, 0.1) is 5.38 Å². The van der Waals surface area contributed by atoms with E-state index in [9.17, 15) is 0 Å². The van der Waals surface area contributed by atoms with Gasteiger partial charge in [-0.25, -0.2) is 0 Å². The number of hydrogen-bond acceptors (Lipinski definition) is 1. The third-order valence-corrected chi connectivity index (χ3v) is 3.07. The standard InChI is InChI=1S/C12H14ClN/c1-2-7-14-12-8-11(13)9-5-3-4-6-10(9)12/h2-6,11-12,14H,1,7-8H2/t11-,12-/m1/s1. The molecule has 1 aromatic rings. The van der Waals surface area contributed by atoms with Crippen molar-refractivity contribution in [1.29, 1.82) is 0 Å². The minimum Gasteiger partial charge on any atom is -0.306 e. The summed E-state index contributed by atoms with van der Waals surface area (Å²) in [6.07, 6.45) is 2.86. The predicted octanol–water partition coefficient (Wildman–Crippen LogP) is 3.19. The first-order valence-electron chi connectivity index (χ1n) is 4.90. The van der Waals surface area contributed by atoms with Crippen molar-refractivity contribution in [1.82, 2.24) is 5.32 Å². The lowest BCUT2D eigenvalue weighted by atomic mass is 10.1. The minimum atomic E-state index is 0.161. The van der Waals surface area contributed by atoms with Crippen LogP contribution in [0.15, 0.2) is 36.9 Å². The third-order valence-electron chi connectivity index (χ3n) is 2.66. The Morgan fingerprint density at radius 3 is 2.86 bits per heavy atom. The maximum Gasteiger partial charge on any atom is 0.0606 e. The SMILES string of the molecule is C=CCN[C@@H]1C[C@@H](Cl)c2ccccc21. The Hall–Kier alpha value is -0.790. The average Bonchev–Trinajstić information content (AvgIpc) is 2.54. The highest BCUT2D eigenvalue weighted by Gasteiger charge is 2.28. The van der Waals surface area contributed by atoms with Crippen LogP contribution in [-0.4, -0.2) is 6.54 Å². The first kappa shape index (κ1) is 9.75. The molecule has 0 bridgehead atoms. The summed E-state index contributed by atoms with van der Waals surface area (Å²) in [5.41, 5.74) is 2.62. The molecule has 1 aliphatic rings. The minimum absolute atomic E-state index is 0.161. The highest BCUT2D eigenvalue weighted by molar-refractivity contribution is 6.21. The Bertz CT molecular complexity index is 335. The quantitative estimate of drug-likeness (QED) is 0.593. The van der Waals surface area contributed by atoms with Crippen LogP contribution in [0.5, 0.6) is 0 Å². The topological polar surface area (TPSA) is 12.0 Å². The van der Waals surface area contributed by atoms with Crippen LogP contribution < -0.4 is 5.32 Å². The van der Waals surface area contributed by atoms with E-state index in [1.54, 1.807) is 0 Å². The van der Waals surface area contributed by atoms with E-state index in [1.807, 2.05) is 12.1 Å². The summed E-state index contributed by atoms with van der Waals surface area (Å²) in [5.74, 6) is 0. The largest absolute Gasteiger partial charge is 0.306 e. The van der Waals surface area contributed by atoms with Gasteiger partial charge in [-0.15, -0.1) is 18.2 Å². The lowest BCUT2D eigenvalue weighted by Crippen LogP contribution is -2.18. The number of halogens is 1. The second-order valence-electron chi connectivity index (χ2n) is 3.58. The van der Waals surface area contributed by atoms with E-state index < -0.39 is 0 Å². The predicted molar refractivity (Wildman–Crippen MR) is 60.6 cm³/mol. The fourth-order valence-corrected chi connectivity index (χ4v) is 2.37. The van der Waals surface area contributed by atoms with Crippen molar-refractivity contribution in [3.8, 4) is 0 Å². The molecule has 0 radical (unpaired) electrons. The molecule has 0 aliphatic heterocycles. The molecule has 1 aromatic carbocycles. The maximum atomic E-state index is 6.25. The molecule has 0 spiro atoms. The fourth-order valence-electron chi connectivity index (χ4n) is 1.99. The number of alkyl halides is 1. The summed E-state index contributed by atoms with van der Waals surface area (Å²) in [7, 11) is 0. The van der Waals surface area contributed by atoms with E-state index in [0.29, 0.717) is 6.04 Å². The smallest absolute Gasteiger partial charge is 0.0606 e. The Balaban J connectivity index is 2.21. The van der Waals surface area contributed by atoms with Crippen molar-refractivity contribution in [2.24, 2.45) is 0 Å². The van der Waals surface area contributed by atoms with Crippen molar-refractivity contribution in [2.75, 3.05) is 6.54 Å². The molecule has 2 atom stereocenters. The van der Waals surface area contributed by atoms with Crippen LogP contribution in [0, 0.1) is 0 Å². The third kappa shape index (κ3) is 1.70. The van der Waals surface area contributed by atoms with Gasteiger partial charge in [-0.05, 0) is 17.5 Å². The zero-order valence-electron chi connectivity index (χ0n) is 8.04. The van der Waals surface area contributed by atoms with Crippen molar-refractivity contribution in [3.63, 3.8) is 0 Å². The van der Waals surface area contributed by atoms with Crippen LogP contribution >= 0.6 is 11.6 Å². The number of nitrogens with one attached hydrogen (secondary N) is 1.